The summed E-state index contributed by atoms with van der Waals surface area (Å²) in [6.45, 7) is 0.176. The van der Waals surface area contributed by atoms with Crippen molar-refractivity contribution >= 4 is 6.09 Å². The molecule has 1 atom stereocenters. The summed E-state index contributed by atoms with van der Waals surface area (Å²) in [4.78, 5) is 15.9. The van der Waals surface area contributed by atoms with Gasteiger partial charge in [0.2, 0.25) is 0 Å². The summed E-state index contributed by atoms with van der Waals surface area (Å²) >= 11 is 0. The Morgan fingerprint density at radius 2 is 1.81 bits per heavy atom. The molecular weight excluding hydrogens is 343 g/mol. The fourth-order valence-corrected chi connectivity index (χ4v) is 2.94. The Balaban J connectivity index is 1.78. The van der Waals surface area contributed by atoms with Crippen molar-refractivity contribution in [3.05, 3.63) is 89.5 Å². The lowest BCUT2D eigenvalue weighted by Gasteiger charge is -2.14. The number of ether oxygens (including phenoxy) is 1. The molecule has 0 aliphatic carbocycles. The number of aromatic nitrogens is 1. The summed E-state index contributed by atoms with van der Waals surface area (Å²) in [6.07, 6.45) is 1.10. The molecule has 0 bridgehead atoms. The van der Waals surface area contributed by atoms with E-state index in [-0.39, 0.29) is 18.5 Å². The summed E-state index contributed by atoms with van der Waals surface area (Å²) in [6, 6.07) is 17.4. The van der Waals surface area contributed by atoms with Crippen molar-refractivity contribution in [1.29, 1.82) is 0 Å². The van der Waals surface area contributed by atoms with E-state index in [0.717, 1.165) is 11.1 Å². The number of cyclic esters (lactones) is 1. The van der Waals surface area contributed by atoms with Gasteiger partial charge in [-0.15, -0.1) is 0 Å². The number of halogens is 1. The molecular formula is C22H15FN2O2. The lowest BCUT2D eigenvalue weighted by atomic mass is 9.96. The van der Waals surface area contributed by atoms with E-state index in [1.54, 1.807) is 30.5 Å². The van der Waals surface area contributed by atoms with Crippen molar-refractivity contribution in [3.8, 4) is 23.0 Å². The van der Waals surface area contributed by atoms with Crippen molar-refractivity contribution in [2.75, 3.05) is 6.61 Å². The average Bonchev–Trinajstić information content (AvgIpc) is 3.14. The zero-order valence-electron chi connectivity index (χ0n) is 14.3. The number of carbonyl (C=O) groups is 1. The van der Waals surface area contributed by atoms with Gasteiger partial charge in [-0.1, -0.05) is 42.3 Å². The Hall–Kier alpha value is -3.65. The second-order valence-electron chi connectivity index (χ2n) is 6.05. The Kier molecular flexibility index (Phi) is 4.54. The van der Waals surface area contributed by atoms with Crippen LogP contribution in [0.4, 0.5) is 9.18 Å². The van der Waals surface area contributed by atoms with Gasteiger partial charge in [-0.05, 0) is 35.7 Å². The topological polar surface area (TPSA) is 51.2 Å². The molecule has 0 saturated carbocycles. The third-order valence-electron chi connectivity index (χ3n) is 4.26. The summed E-state index contributed by atoms with van der Waals surface area (Å²) in [5.74, 6) is 5.72. The summed E-state index contributed by atoms with van der Waals surface area (Å²) < 4.78 is 19.3. The van der Waals surface area contributed by atoms with Crippen molar-refractivity contribution in [1.82, 2.24) is 10.3 Å². The molecule has 1 aliphatic heterocycles. The maximum Gasteiger partial charge on any atom is 0.407 e. The second kappa shape index (κ2) is 7.30. The monoisotopic (exact) mass is 358 g/mol. The fraction of sp³-hybridized carbons (Fsp3) is 0.0909. The number of hydrogen-bond acceptors (Lipinski definition) is 3. The average molecular weight is 358 g/mol. The van der Waals surface area contributed by atoms with Crippen LogP contribution in [0.3, 0.4) is 0 Å². The minimum absolute atomic E-state index is 0.176. The normalized spacial score (nSPS) is 15.4. The molecule has 27 heavy (non-hydrogen) atoms. The molecule has 1 amide bonds. The van der Waals surface area contributed by atoms with Crippen LogP contribution in [0.25, 0.3) is 11.1 Å². The number of nitrogens with zero attached hydrogens (tertiary/aromatic N) is 1. The third kappa shape index (κ3) is 3.65. The number of alkyl carbamates (subject to hydrolysis) is 1. The molecule has 2 heterocycles. The van der Waals surface area contributed by atoms with Gasteiger partial charge < -0.3 is 10.1 Å². The van der Waals surface area contributed by atoms with E-state index < -0.39 is 6.09 Å². The van der Waals surface area contributed by atoms with Gasteiger partial charge in [0.05, 0.1) is 6.04 Å². The predicted molar refractivity (Wildman–Crippen MR) is 99.3 cm³/mol. The van der Waals surface area contributed by atoms with Crippen molar-refractivity contribution in [3.63, 3.8) is 0 Å². The third-order valence-corrected chi connectivity index (χ3v) is 4.26. The van der Waals surface area contributed by atoms with Gasteiger partial charge in [-0.25, -0.2) is 14.2 Å². The van der Waals surface area contributed by atoms with Crippen LogP contribution in [0.2, 0.25) is 0 Å². The molecule has 1 unspecified atom stereocenters. The van der Waals surface area contributed by atoms with Gasteiger partial charge in [-0.3, -0.25) is 0 Å². The molecule has 1 aromatic heterocycles. The lowest BCUT2D eigenvalue weighted by Crippen LogP contribution is -2.19. The zero-order chi connectivity index (χ0) is 18.6. The Morgan fingerprint density at radius 1 is 1.04 bits per heavy atom. The van der Waals surface area contributed by atoms with E-state index >= 15 is 0 Å². The van der Waals surface area contributed by atoms with Crippen LogP contribution < -0.4 is 5.32 Å². The van der Waals surface area contributed by atoms with Crippen molar-refractivity contribution < 1.29 is 13.9 Å². The van der Waals surface area contributed by atoms with Gasteiger partial charge in [0.15, 0.2) is 0 Å². The molecule has 2 aromatic carbocycles. The van der Waals surface area contributed by atoms with Gasteiger partial charge in [0, 0.05) is 22.9 Å². The number of carbonyl (C=O) groups excluding carboxylic acids is 1. The second-order valence-corrected chi connectivity index (χ2v) is 6.05. The molecule has 1 N–H and O–H groups in total. The van der Waals surface area contributed by atoms with Gasteiger partial charge in [0.1, 0.15) is 18.1 Å². The van der Waals surface area contributed by atoms with Crippen LogP contribution in [0.1, 0.15) is 22.9 Å². The van der Waals surface area contributed by atoms with Crippen molar-refractivity contribution in [2.24, 2.45) is 0 Å². The van der Waals surface area contributed by atoms with Crippen molar-refractivity contribution in [2.45, 2.75) is 6.04 Å². The molecule has 132 valence electrons. The number of nitrogens with one attached hydrogen (secondary N) is 1. The Labute approximate surface area is 156 Å². The SMILES string of the molecule is O=C1NC(c2cc(C#Cc3ccccc3)ncc2-c2ccccc2F)CO1. The van der Waals surface area contributed by atoms with E-state index in [1.807, 2.05) is 30.3 Å². The minimum Gasteiger partial charge on any atom is -0.447 e. The molecule has 1 saturated heterocycles. The van der Waals surface area contributed by atoms with Crippen LogP contribution in [-0.4, -0.2) is 17.7 Å². The molecule has 0 spiro atoms. The summed E-state index contributed by atoms with van der Waals surface area (Å²) in [7, 11) is 0. The first kappa shape index (κ1) is 16.8. The first-order chi connectivity index (χ1) is 13.2. The van der Waals surface area contributed by atoms with E-state index in [2.05, 4.69) is 22.1 Å². The highest BCUT2D eigenvalue weighted by Gasteiger charge is 2.27. The smallest absolute Gasteiger partial charge is 0.407 e. The summed E-state index contributed by atoms with van der Waals surface area (Å²) in [5, 5.41) is 2.74. The highest BCUT2D eigenvalue weighted by atomic mass is 19.1. The van der Waals surface area contributed by atoms with Crippen LogP contribution in [0, 0.1) is 17.7 Å². The van der Waals surface area contributed by atoms with E-state index in [0.29, 0.717) is 16.8 Å². The maximum absolute atomic E-state index is 14.3. The summed E-state index contributed by atoms with van der Waals surface area (Å²) in [5.41, 5.74) is 3.16. The molecule has 0 radical (unpaired) electrons. The highest BCUT2D eigenvalue weighted by molar-refractivity contribution is 5.73. The number of benzene rings is 2. The number of amides is 1. The van der Waals surface area contributed by atoms with E-state index in [1.165, 1.54) is 6.07 Å². The Bertz CT molecular complexity index is 1050. The van der Waals surface area contributed by atoms with Gasteiger partial charge in [-0.2, -0.15) is 0 Å². The van der Waals surface area contributed by atoms with Crippen LogP contribution >= 0.6 is 0 Å². The standard InChI is InChI=1S/C22H15FN2O2/c23-20-9-5-4-8-17(20)19-13-24-16(11-10-15-6-2-1-3-7-15)12-18(19)21-14-27-22(26)25-21/h1-9,12-13,21H,14H2,(H,25,26). The largest absolute Gasteiger partial charge is 0.447 e. The van der Waals surface area contributed by atoms with E-state index in [9.17, 15) is 9.18 Å². The quantitative estimate of drug-likeness (QED) is 0.703. The molecule has 5 heteroatoms. The molecule has 1 aliphatic rings. The first-order valence-corrected chi connectivity index (χ1v) is 8.46. The van der Waals surface area contributed by atoms with Crippen LogP contribution in [-0.2, 0) is 4.74 Å². The molecule has 3 aromatic rings. The number of pyridine rings is 1. The van der Waals surface area contributed by atoms with Gasteiger partial charge >= 0.3 is 6.09 Å². The molecule has 1 fully saturated rings. The fourth-order valence-electron chi connectivity index (χ4n) is 2.94. The van der Waals surface area contributed by atoms with E-state index in [4.69, 9.17) is 4.74 Å². The molecule has 4 nitrogen and oxygen atoms in total. The number of rotatable bonds is 2. The van der Waals surface area contributed by atoms with Crippen LogP contribution in [0.15, 0.2) is 66.9 Å². The van der Waals surface area contributed by atoms with Crippen LogP contribution in [0.5, 0.6) is 0 Å². The highest BCUT2D eigenvalue weighted by Crippen LogP contribution is 2.31. The lowest BCUT2D eigenvalue weighted by molar-refractivity contribution is 0.177. The minimum atomic E-state index is -0.492. The van der Waals surface area contributed by atoms with Gasteiger partial charge in [0.25, 0.3) is 0 Å². The Morgan fingerprint density at radius 3 is 2.56 bits per heavy atom. The first-order valence-electron chi connectivity index (χ1n) is 8.46. The zero-order valence-corrected chi connectivity index (χ0v) is 14.3. The number of hydrogen-bond donors (Lipinski definition) is 1. The predicted octanol–water partition coefficient (Wildman–Crippen LogP) is 4.07. The molecule has 4 rings (SSSR count). The maximum atomic E-state index is 14.3.